The molecule has 79 heavy (non-hydrogen) atoms. The van der Waals surface area contributed by atoms with E-state index in [-0.39, 0.29) is 57.5 Å². The van der Waals surface area contributed by atoms with Crippen molar-refractivity contribution in [3.05, 3.63) is 102 Å². The van der Waals surface area contributed by atoms with E-state index in [9.17, 15) is 48.3 Å². The molecular weight excluding hydrogens is 1020 g/mol. The van der Waals surface area contributed by atoms with Gasteiger partial charge in [-0.05, 0) is 73.0 Å². The number of rotatable bonds is 33. The summed E-state index contributed by atoms with van der Waals surface area (Å²) in [5, 5.41) is 30.8. The minimum atomic E-state index is -1.73. The molecule has 5 aromatic rings. The molecule has 0 aliphatic rings. The molecule has 0 saturated carbocycles. The van der Waals surface area contributed by atoms with Gasteiger partial charge in [-0.1, -0.05) is 80.4 Å². The Kier molecular flexibility index (Phi) is 23.7. The van der Waals surface area contributed by atoms with Gasteiger partial charge in [-0.2, -0.15) is 0 Å². The van der Waals surface area contributed by atoms with Crippen molar-refractivity contribution in [1.82, 2.24) is 52.2 Å². The Morgan fingerprint density at radius 1 is 0.608 bits per heavy atom. The highest BCUT2D eigenvalue weighted by Crippen LogP contribution is 2.21. The number of nitrogens with two attached hydrogens (primary N) is 4. The van der Waals surface area contributed by atoms with Crippen LogP contribution < -0.4 is 60.2 Å². The van der Waals surface area contributed by atoms with Crippen LogP contribution in [0.25, 0.3) is 21.7 Å². The van der Waals surface area contributed by atoms with E-state index in [0.29, 0.717) is 49.0 Å². The Bertz CT molecular complexity index is 2920. The third-order valence-corrected chi connectivity index (χ3v) is 13.0. The fraction of sp³-hybridized carbons (Fsp3) is 0.426. The average Bonchev–Trinajstić information content (AvgIpc) is 4.15. The second-order valence-electron chi connectivity index (χ2n) is 19.2. The Hall–Kier alpha value is -8.87. The predicted octanol–water partition coefficient (Wildman–Crippen LogP) is -0.182. The van der Waals surface area contributed by atoms with Crippen LogP contribution in [0.5, 0.6) is 0 Å². The number of hydrogen-bond acceptors (Lipinski definition) is 12. The van der Waals surface area contributed by atoms with Gasteiger partial charge in [0.1, 0.15) is 42.3 Å². The Balaban J connectivity index is 1.49. The summed E-state index contributed by atoms with van der Waals surface area (Å²) in [5.41, 5.74) is 25.0. The van der Waals surface area contributed by atoms with Gasteiger partial charge in [-0.25, -0.2) is 4.98 Å². The monoisotopic (exact) mass is 1090 g/mol. The zero-order valence-electron chi connectivity index (χ0n) is 44.3. The molecule has 0 bridgehead atoms. The fourth-order valence-corrected chi connectivity index (χ4v) is 8.86. The lowest BCUT2D eigenvalue weighted by atomic mass is 9.99. The highest BCUT2D eigenvalue weighted by molar-refractivity contribution is 5.99. The van der Waals surface area contributed by atoms with E-state index < -0.39 is 102 Å². The number of aromatic amines is 2. The van der Waals surface area contributed by atoms with Gasteiger partial charge in [0.05, 0.1) is 12.7 Å². The van der Waals surface area contributed by atoms with Crippen molar-refractivity contribution in [3.63, 3.8) is 0 Å². The molecule has 25 heteroatoms. The second kappa shape index (κ2) is 30.8. The predicted molar refractivity (Wildman–Crippen MR) is 295 cm³/mol. The molecule has 0 aliphatic carbocycles. The van der Waals surface area contributed by atoms with E-state index in [2.05, 4.69) is 57.2 Å². The summed E-state index contributed by atoms with van der Waals surface area (Å²) in [6.07, 6.45) is 5.68. The minimum Gasteiger partial charge on any atom is -0.481 e. The van der Waals surface area contributed by atoms with Gasteiger partial charge in [0.2, 0.25) is 47.3 Å². The maximum atomic E-state index is 14.9. The van der Waals surface area contributed by atoms with Crippen LogP contribution in [0.4, 0.5) is 0 Å². The largest absolute Gasteiger partial charge is 0.481 e. The standard InChI is InChI=1S/C54H73N15O10/c1-3-4-15-40(63-31(2)70)48(74)69-45(27-46(71)72)53(79)68-44(26-36-29-59-30-62-36)52(78)66-42(24-32-19-20-33-12-5-6-13-34(33)23-32)50(76)65-41(18-11-22-60-54(57)58)49(75)67-43(25-35-28-61-38-16-8-7-14-37(35)38)51(77)64-39(47(56)73)17-9-10-21-55/h5-8,12-14,16,19-20,23,28-30,39-45,61H,3-4,9-11,15,17-18,21-22,24-27,55H2,1-2H3,(H2,56,73)(H,59,62)(H,63,70)(H,64,77)(H,65,76)(H,66,78)(H,67,75)(H,68,79)(H,69,74)(H,71,72)(H4,57,58,60)/t39-,40-,41-,42-,43-,44-,45-/m0/s1. The zero-order valence-corrected chi connectivity index (χ0v) is 44.3. The average molecular weight is 1090 g/mol. The first-order valence-electron chi connectivity index (χ1n) is 26.2. The van der Waals surface area contributed by atoms with Crippen LogP contribution in [0.1, 0.15) is 88.5 Å². The minimum absolute atomic E-state index is 0.0343. The molecular formula is C54H73N15O10. The highest BCUT2D eigenvalue weighted by atomic mass is 16.4. The van der Waals surface area contributed by atoms with E-state index in [4.69, 9.17) is 22.9 Å². The fourth-order valence-electron chi connectivity index (χ4n) is 8.86. The van der Waals surface area contributed by atoms with E-state index in [1.54, 1.807) is 12.3 Å². The van der Waals surface area contributed by atoms with Crippen molar-refractivity contribution < 1.29 is 48.3 Å². The lowest BCUT2D eigenvalue weighted by Crippen LogP contribution is -2.61. The third kappa shape index (κ3) is 19.6. The Morgan fingerprint density at radius 3 is 1.78 bits per heavy atom. The molecule has 0 aliphatic heterocycles. The van der Waals surface area contributed by atoms with Crippen LogP contribution >= 0.6 is 0 Å². The zero-order chi connectivity index (χ0) is 57.4. The number of imidazole rings is 1. The Morgan fingerprint density at radius 2 is 1.16 bits per heavy atom. The lowest BCUT2D eigenvalue weighted by molar-refractivity contribution is -0.141. The summed E-state index contributed by atoms with van der Waals surface area (Å²) in [5.74, 6) is -8.22. The van der Waals surface area contributed by atoms with Gasteiger partial charge in [-0.15, -0.1) is 0 Å². The van der Waals surface area contributed by atoms with Crippen LogP contribution in [0.15, 0.2) is 90.4 Å². The first kappa shape index (κ1) is 61.0. The molecule has 424 valence electrons. The number of nitrogens with zero attached hydrogens (tertiary/aromatic N) is 2. The van der Waals surface area contributed by atoms with E-state index in [1.807, 2.05) is 67.6 Å². The number of carboxylic acid groups (broad SMARTS) is 1. The number of guanidine groups is 1. The maximum Gasteiger partial charge on any atom is 0.305 e. The third-order valence-electron chi connectivity index (χ3n) is 13.0. The van der Waals surface area contributed by atoms with Crippen molar-refractivity contribution in [2.75, 3.05) is 13.1 Å². The highest BCUT2D eigenvalue weighted by Gasteiger charge is 2.35. The van der Waals surface area contributed by atoms with Gasteiger partial charge >= 0.3 is 5.97 Å². The number of benzene rings is 3. The number of carbonyl (C=O) groups excluding carboxylic acids is 8. The van der Waals surface area contributed by atoms with Crippen LogP contribution in [-0.2, 0) is 62.4 Å². The number of unbranched alkanes of at least 4 members (excludes halogenated alkanes) is 2. The number of primary amides is 1. The van der Waals surface area contributed by atoms with Crippen LogP contribution in [-0.4, -0.2) is 135 Å². The van der Waals surface area contributed by atoms with Crippen molar-refractivity contribution in [2.45, 2.75) is 133 Å². The molecule has 0 unspecified atom stereocenters. The summed E-state index contributed by atoms with van der Waals surface area (Å²) >= 11 is 0. The summed E-state index contributed by atoms with van der Waals surface area (Å²) < 4.78 is 0. The normalized spacial score (nSPS) is 13.8. The smallest absolute Gasteiger partial charge is 0.305 e. The number of carboxylic acids is 1. The molecule has 25 nitrogen and oxygen atoms in total. The molecule has 18 N–H and O–H groups in total. The quantitative estimate of drug-likeness (QED) is 0.0147. The number of fused-ring (bicyclic) bond motifs is 2. The van der Waals surface area contributed by atoms with Crippen molar-refractivity contribution in [3.8, 4) is 0 Å². The van der Waals surface area contributed by atoms with Crippen molar-refractivity contribution in [2.24, 2.45) is 27.9 Å². The number of H-pyrrole nitrogens is 2. The van der Waals surface area contributed by atoms with E-state index in [0.717, 1.165) is 21.7 Å². The number of aromatic nitrogens is 3. The first-order chi connectivity index (χ1) is 37.8. The van der Waals surface area contributed by atoms with Crippen molar-refractivity contribution in [1.29, 1.82) is 0 Å². The molecule has 0 spiro atoms. The molecule has 8 amide bonds. The SMILES string of the molecule is CCCC[C@H](NC(C)=O)C(=O)N[C@@H](CC(=O)O)C(=O)N[C@@H](Cc1cnc[nH]1)C(=O)N[C@@H](Cc1ccc2ccccc2c1)C(=O)N[C@@H](CCCN=C(N)N)C(=O)N[C@@H](Cc1c[nH]c2ccccc12)C(=O)N[C@@H](CCCCN)C(N)=O. The van der Waals surface area contributed by atoms with Crippen LogP contribution in [0.3, 0.4) is 0 Å². The molecule has 0 fully saturated rings. The number of aliphatic carboxylic acids is 1. The number of hydrogen-bond donors (Lipinski definition) is 14. The van der Waals surface area contributed by atoms with Crippen LogP contribution in [0, 0.1) is 0 Å². The van der Waals surface area contributed by atoms with Crippen LogP contribution in [0.2, 0.25) is 0 Å². The second-order valence-corrected chi connectivity index (χ2v) is 19.2. The molecule has 3 aromatic carbocycles. The first-order valence-corrected chi connectivity index (χ1v) is 26.2. The molecule has 0 radical (unpaired) electrons. The summed E-state index contributed by atoms with van der Waals surface area (Å²) in [7, 11) is 0. The molecule has 2 heterocycles. The number of para-hydroxylation sites is 1. The van der Waals surface area contributed by atoms with Gasteiger partial charge in [0.25, 0.3) is 0 Å². The molecule has 7 atom stereocenters. The lowest BCUT2D eigenvalue weighted by Gasteiger charge is -2.28. The summed E-state index contributed by atoms with van der Waals surface area (Å²) in [6, 6.07) is 10.5. The summed E-state index contributed by atoms with van der Waals surface area (Å²) in [4.78, 5) is 137. The van der Waals surface area contributed by atoms with Gasteiger partial charge in [0.15, 0.2) is 5.96 Å². The molecule has 0 saturated heterocycles. The van der Waals surface area contributed by atoms with E-state index in [1.165, 1.54) is 19.4 Å². The maximum absolute atomic E-state index is 14.9. The number of amides is 8. The Labute approximate surface area is 456 Å². The van der Waals surface area contributed by atoms with Gasteiger partial charge < -0.3 is 75.2 Å². The number of nitrogens with one attached hydrogen (secondary N) is 9. The van der Waals surface area contributed by atoms with E-state index >= 15 is 0 Å². The molecule has 2 aromatic heterocycles. The number of carbonyl (C=O) groups is 9. The summed E-state index contributed by atoms with van der Waals surface area (Å²) in [6.45, 7) is 3.47. The number of aliphatic imine (C=N–C) groups is 1. The van der Waals surface area contributed by atoms with Crippen molar-refractivity contribution >= 4 is 80.9 Å². The topological polar surface area (TPSA) is 419 Å². The molecule has 5 rings (SSSR count). The van der Waals surface area contributed by atoms with Gasteiger partial charge in [-0.3, -0.25) is 48.1 Å². The van der Waals surface area contributed by atoms with Gasteiger partial charge in [0, 0.05) is 61.7 Å².